The van der Waals surface area contributed by atoms with E-state index in [9.17, 15) is 18.3 Å². The second-order valence-corrected chi connectivity index (χ2v) is 7.18. The van der Waals surface area contributed by atoms with Crippen LogP contribution in [0.2, 0.25) is 0 Å². The first kappa shape index (κ1) is 18.6. The van der Waals surface area contributed by atoms with E-state index >= 15 is 0 Å². The number of carbonyl (C=O) groups excluding carboxylic acids is 1. The molecule has 0 saturated carbocycles. The molecule has 0 aliphatic carbocycles. The summed E-state index contributed by atoms with van der Waals surface area (Å²) in [6.07, 6.45) is 1.62. The van der Waals surface area contributed by atoms with Crippen molar-refractivity contribution < 1.29 is 27.6 Å². The number of amides is 1. The molecule has 1 amide bonds. The third kappa shape index (κ3) is 3.69. The van der Waals surface area contributed by atoms with Crippen LogP contribution in [0.3, 0.4) is 0 Å². The molecule has 0 aromatic heterocycles. The topological polar surface area (TPSA) is 116 Å². The number of methoxy groups -OCH3 is 1. The molecule has 0 fully saturated rings. The van der Waals surface area contributed by atoms with Gasteiger partial charge in [0.1, 0.15) is 0 Å². The number of ether oxygens (including phenoxy) is 1. The zero-order chi connectivity index (χ0) is 19.8. The Morgan fingerprint density at radius 1 is 1.15 bits per heavy atom. The van der Waals surface area contributed by atoms with E-state index in [4.69, 9.17) is 9.29 Å². The third-order valence-electron chi connectivity index (χ3n) is 3.96. The van der Waals surface area contributed by atoms with Gasteiger partial charge in [-0.25, -0.2) is 0 Å². The van der Waals surface area contributed by atoms with E-state index in [2.05, 4.69) is 5.10 Å². The Bertz CT molecular complexity index is 1070. The summed E-state index contributed by atoms with van der Waals surface area (Å²) < 4.78 is 36.3. The average molecular weight is 388 g/mol. The number of hydrogen-bond donors (Lipinski definition) is 2. The van der Waals surface area contributed by atoms with Gasteiger partial charge >= 0.3 is 0 Å². The lowest BCUT2D eigenvalue weighted by atomic mass is 10.1. The second kappa shape index (κ2) is 6.86. The maximum Gasteiger partial charge on any atom is 0.294 e. The number of phenolic OH excluding ortho intramolecular Hbond substituents is 1. The lowest BCUT2D eigenvalue weighted by molar-refractivity contribution is -0.114. The van der Waals surface area contributed by atoms with Crippen molar-refractivity contribution in [3.63, 3.8) is 0 Å². The first-order valence-electron chi connectivity index (χ1n) is 7.77. The highest BCUT2D eigenvalue weighted by molar-refractivity contribution is 7.85. The van der Waals surface area contributed by atoms with Gasteiger partial charge in [-0.05, 0) is 55.0 Å². The van der Waals surface area contributed by atoms with E-state index < -0.39 is 10.1 Å². The van der Waals surface area contributed by atoms with Crippen molar-refractivity contribution in [2.45, 2.75) is 11.8 Å². The summed E-state index contributed by atoms with van der Waals surface area (Å²) in [5.41, 5.74) is 1.83. The maximum absolute atomic E-state index is 12.7. The Labute approximate surface area is 155 Å². The van der Waals surface area contributed by atoms with Gasteiger partial charge in [-0.3, -0.25) is 9.35 Å². The fourth-order valence-electron chi connectivity index (χ4n) is 2.57. The van der Waals surface area contributed by atoms with Gasteiger partial charge < -0.3 is 9.84 Å². The summed E-state index contributed by atoms with van der Waals surface area (Å²) in [6, 6.07) is 9.82. The van der Waals surface area contributed by atoms with Crippen molar-refractivity contribution in [2.75, 3.05) is 12.1 Å². The molecule has 1 aliphatic rings. The number of rotatable bonds is 4. The fraction of sp³-hybridized carbons (Fsp3) is 0.111. The molecule has 0 atom stereocenters. The summed E-state index contributed by atoms with van der Waals surface area (Å²) >= 11 is 0. The summed E-state index contributed by atoms with van der Waals surface area (Å²) in [5.74, 6) is -0.121. The van der Waals surface area contributed by atoms with Crippen molar-refractivity contribution in [3.8, 4) is 11.5 Å². The lowest BCUT2D eigenvalue weighted by Crippen LogP contribution is -2.21. The van der Waals surface area contributed by atoms with Crippen LogP contribution in [0.15, 0.2) is 58.0 Å². The standard InChI is InChI=1S/C18H16N2O6S/c1-11-15(9-12-3-8-16(21)17(10-12)26-2)18(22)20(19-11)13-4-6-14(7-5-13)27(23,24)25/h3-10,21H,1-2H3,(H,23,24,25)/b15-9-. The molecule has 3 rings (SSSR count). The molecular formula is C18H16N2O6S. The first-order valence-corrected chi connectivity index (χ1v) is 9.21. The minimum atomic E-state index is -4.31. The molecule has 0 radical (unpaired) electrons. The molecule has 0 saturated heterocycles. The van der Waals surface area contributed by atoms with Gasteiger partial charge in [0, 0.05) is 0 Å². The molecule has 1 heterocycles. The van der Waals surface area contributed by atoms with Crippen molar-refractivity contribution in [1.29, 1.82) is 0 Å². The van der Waals surface area contributed by atoms with Gasteiger partial charge in [-0.1, -0.05) is 6.07 Å². The van der Waals surface area contributed by atoms with E-state index in [0.717, 1.165) is 5.01 Å². The summed E-state index contributed by atoms with van der Waals surface area (Å²) in [7, 11) is -2.88. The number of carbonyl (C=O) groups is 1. The highest BCUT2D eigenvalue weighted by Gasteiger charge is 2.29. The maximum atomic E-state index is 12.7. The van der Waals surface area contributed by atoms with E-state index in [1.807, 2.05) is 0 Å². The number of nitrogens with zero attached hydrogens (tertiary/aromatic N) is 2. The van der Waals surface area contributed by atoms with E-state index in [-0.39, 0.29) is 22.3 Å². The zero-order valence-electron chi connectivity index (χ0n) is 14.4. The van der Waals surface area contributed by atoms with Gasteiger partial charge in [-0.2, -0.15) is 18.5 Å². The Morgan fingerprint density at radius 3 is 2.41 bits per heavy atom. The lowest BCUT2D eigenvalue weighted by Gasteiger charge is -2.12. The summed E-state index contributed by atoms with van der Waals surface area (Å²) in [4.78, 5) is 12.4. The van der Waals surface area contributed by atoms with Gasteiger partial charge in [0.05, 0.1) is 29.0 Å². The van der Waals surface area contributed by atoms with Crippen molar-refractivity contribution in [1.82, 2.24) is 0 Å². The third-order valence-corrected chi connectivity index (χ3v) is 4.82. The molecule has 2 aromatic carbocycles. The molecule has 0 spiro atoms. The van der Waals surface area contributed by atoms with Crippen LogP contribution in [-0.2, 0) is 14.9 Å². The van der Waals surface area contributed by atoms with Gasteiger partial charge in [0.15, 0.2) is 11.5 Å². The monoisotopic (exact) mass is 388 g/mol. The molecule has 2 aromatic rings. The van der Waals surface area contributed by atoms with Crippen molar-refractivity contribution in [2.24, 2.45) is 5.10 Å². The number of benzene rings is 2. The van der Waals surface area contributed by atoms with E-state index in [1.165, 1.54) is 37.4 Å². The Hall–Kier alpha value is -3.17. The van der Waals surface area contributed by atoms with Gasteiger partial charge in [0.25, 0.3) is 16.0 Å². The molecule has 140 valence electrons. The molecule has 8 nitrogen and oxygen atoms in total. The predicted octanol–water partition coefficient (Wildman–Crippen LogP) is 2.45. The molecule has 9 heteroatoms. The molecular weight excluding hydrogens is 372 g/mol. The normalized spacial score (nSPS) is 16.0. The predicted molar refractivity (Wildman–Crippen MR) is 99.5 cm³/mol. The fourth-order valence-corrected chi connectivity index (χ4v) is 3.05. The highest BCUT2D eigenvalue weighted by atomic mass is 32.2. The average Bonchev–Trinajstić information content (AvgIpc) is 2.90. The first-order chi connectivity index (χ1) is 12.7. The molecule has 1 aliphatic heterocycles. The smallest absolute Gasteiger partial charge is 0.294 e. The quantitative estimate of drug-likeness (QED) is 0.614. The number of hydrogen-bond acceptors (Lipinski definition) is 6. The largest absolute Gasteiger partial charge is 0.504 e. The van der Waals surface area contributed by atoms with Crippen LogP contribution in [0.1, 0.15) is 12.5 Å². The molecule has 0 bridgehead atoms. The van der Waals surface area contributed by atoms with Crippen LogP contribution in [0.4, 0.5) is 5.69 Å². The zero-order valence-corrected chi connectivity index (χ0v) is 15.3. The second-order valence-electron chi connectivity index (χ2n) is 5.76. The van der Waals surface area contributed by atoms with Crippen LogP contribution in [0, 0.1) is 0 Å². The van der Waals surface area contributed by atoms with E-state index in [0.29, 0.717) is 22.5 Å². The Morgan fingerprint density at radius 2 is 1.81 bits per heavy atom. The van der Waals surface area contributed by atoms with Crippen molar-refractivity contribution in [3.05, 3.63) is 53.6 Å². The van der Waals surface area contributed by atoms with Gasteiger partial charge in [-0.15, -0.1) is 0 Å². The van der Waals surface area contributed by atoms with Crippen LogP contribution in [0.5, 0.6) is 11.5 Å². The minimum Gasteiger partial charge on any atom is -0.504 e. The minimum absolute atomic E-state index is 0.0108. The number of anilines is 1. The summed E-state index contributed by atoms with van der Waals surface area (Å²) in [5, 5.41) is 15.0. The van der Waals surface area contributed by atoms with Crippen LogP contribution >= 0.6 is 0 Å². The number of phenols is 1. The number of aromatic hydroxyl groups is 1. The van der Waals surface area contributed by atoms with Gasteiger partial charge in [0.2, 0.25) is 0 Å². The highest BCUT2D eigenvalue weighted by Crippen LogP contribution is 2.29. The van der Waals surface area contributed by atoms with Crippen LogP contribution < -0.4 is 9.75 Å². The Balaban J connectivity index is 1.92. The molecule has 27 heavy (non-hydrogen) atoms. The van der Waals surface area contributed by atoms with E-state index in [1.54, 1.807) is 25.1 Å². The molecule has 2 N–H and O–H groups in total. The Kier molecular flexibility index (Phi) is 4.73. The SMILES string of the molecule is COc1cc(/C=C2\C(=O)N(c3ccc(S(=O)(=O)O)cc3)N=C2C)ccc1O. The summed E-state index contributed by atoms with van der Waals surface area (Å²) in [6.45, 7) is 1.67. The van der Waals surface area contributed by atoms with Crippen LogP contribution in [-0.4, -0.2) is 36.8 Å². The number of hydrazone groups is 1. The van der Waals surface area contributed by atoms with Crippen LogP contribution in [0.25, 0.3) is 6.08 Å². The molecule has 0 unspecified atom stereocenters. The van der Waals surface area contributed by atoms with Crippen molar-refractivity contribution >= 4 is 33.5 Å².